The summed E-state index contributed by atoms with van der Waals surface area (Å²) in [6, 6.07) is 0.812. The molecule has 0 amide bonds. The Morgan fingerprint density at radius 2 is 1.69 bits per heavy atom. The summed E-state index contributed by atoms with van der Waals surface area (Å²) in [7, 11) is 0. The van der Waals surface area contributed by atoms with Crippen molar-refractivity contribution >= 4 is 0 Å². The van der Waals surface area contributed by atoms with Gasteiger partial charge in [0.25, 0.3) is 0 Å². The lowest BCUT2D eigenvalue weighted by Gasteiger charge is -2.22. The van der Waals surface area contributed by atoms with Crippen LogP contribution in [0, 0.1) is 5.92 Å². The van der Waals surface area contributed by atoms with Crippen LogP contribution >= 0.6 is 0 Å². The Balaban J connectivity index is 0.000000487. The number of nitrogens with one attached hydrogen (secondary N) is 1. The lowest BCUT2D eigenvalue weighted by atomic mass is 9.97. The van der Waals surface area contributed by atoms with Crippen molar-refractivity contribution < 1.29 is 5.11 Å². The minimum atomic E-state index is 0.319. The number of rotatable bonds is 4. The summed E-state index contributed by atoms with van der Waals surface area (Å²) >= 11 is 0. The Hall–Kier alpha value is -0.0800. The van der Waals surface area contributed by atoms with Crippen LogP contribution in [0.2, 0.25) is 0 Å². The Kier molecular flexibility index (Phi) is 11.3. The molecule has 0 aromatic heterocycles. The van der Waals surface area contributed by atoms with Gasteiger partial charge in [0.1, 0.15) is 0 Å². The lowest BCUT2D eigenvalue weighted by molar-refractivity contribution is 0.295. The highest BCUT2D eigenvalue weighted by Crippen LogP contribution is 2.22. The zero-order chi connectivity index (χ0) is 12.2. The first-order chi connectivity index (χ1) is 7.76. The summed E-state index contributed by atoms with van der Waals surface area (Å²) in [4.78, 5) is 0. The normalized spacial score (nSPS) is 25.5. The predicted molar refractivity (Wildman–Crippen MR) is 71.7 cm³/mol. The van der Waals surface area contributed by atoms with E-state index < -0.39 is 0 Å². The average molecular weight is 229 g/mol. The fourth-order valence-electron chi connectivity index (χ4n) is 2.13. The molecule has 1 aliphatic rings. The number of aliphatic hydroxyl groups is 1. The maximum Gasteiger partial charge on any atom is 0.0428 e. The van der Waals surface area contributed by atoms with Crippen LogP contribution < -0.4 is 5.32 Å². The third-order valence-electron chi connectivity index (χ3n) is 3.24. The molecule has 2 N–H and O–H groups in total. The summed E-state index contributed by atoms with van der Waals surface area (Å²) in [5.41, 5.74) is 0. The SMILES string of the molecule is CCCNC1CCCCCC1C.CCCO. The van der Waals surface area contributed by atoms with Crippen LogP contribution in [0.15, 0.2) is 0 Å². The molecule has 0 radical (unpaired) electrons. The molecule has 0 aromatic carbocycles. The van der Waals surface area contributed by atoms with Crippen LogP contribution in [0.25, 0.3) is 0 Å². The van der Waals surface area contributed by atoms with Gasteiger partial charge in [-0.05, 0) is 38.1 Å². The van der Waals surface area contributed by atoms with Gasteiger partial charge in [-0.15, -0.1) is 0 Å². The second-order valence-corrected chi connectivity index (χ2v) is 4.90. The van der Waals surface area contributed by atoms with Crippen molar-refractivity contribution in [2.24, 2.45) is 5.92 Å². The first-order valence-corrected chi connectivity index (χ1v) is 7.10. The highest BCUT2D eigenvalue weighted by atomic mass is 16.2. The molecule has 1 fully saturated rings. The van der Waals surface area contributed by atoms with E-state index in [0.29, 0.717) is 6.61 Å². The molecule has 0 saturated heterocycles. The first kappa shape index (κ1) is 15.9. The Morgan fingerprint density at radius 3 is 2.25 bits per heavy atom. The van der Waals surface area contributed by atoms with Crippen LogP contribution in [-0.2, 0) is 0 Å². The van der Waals surface area contributed by atoms with Crippen LogP contribution in [-0.4, -0.2) is 24.3 Å². The van der Waals surface area contributed by atoms with Gasteiger partial charge in [-0.2, -0.15) is 0 Å². The fraction of sp³-hybridized carbons (Fsp3) is 1.00. The maximum atomic E-state index is 7.88. The van der Waals surface area contributed by atoms with Crippen LogP contribution in [0.4, 0.5) is 0 Å². The third-order valence-corrected chi connectivity index (χ3v) is 3.24. The van der Waals surface area contributed by atoms with Crippen molar-refractivity contribution in [1.29, 1.82) is 0 Å². The second-order valence-electron chi connectivity index (χ2n) is 4.90. The third kappa shape index (κ3) is 8.12. The van der Waals surface area contributed by atoms with E-state index in [9.17, 15) is 0 Å². The molecular formula is C14H31NO. The van der Waals surface area contributed by atoms with Crippen LogP contribution in [0.1, 0.15) is 65.7 Å². The van der Waals surface area contributed by atoms with Gasteiger partial charge in [0.2, 0.25) is 0 Å². The number of aliphatic hydroxyl groups excluding tert-OH is 1. The van der Waals surface area contributed by atoms with E-state index in [2.05, 4.69) is 19.2 Å². The lowest BCUT2D eigenvalue weighted by Crippen LogP contribution is -2.34. The topological polar surface area (TPSA) is 32.3 Å². The molecule has 98 valence electrons. The van der Waals surface area contributed by atoms with E-state index >= 15 is 0 Å². The molecule has 0 heterocycles. The minimum Gasteiger partial charge on any atom is -0.396 e. The number of hydrogen-bond donors (Lipinski definition) is 2. The minimum absolute atomic E-state index is 0.319. The van der Waals surface area contributed by atoms with Gasteiger partial charge in [0.15, 0.2) is 0 Å². The molecule has 0 bridgehead atoms. The van der Waals surface area contributed by atoms with Gasteiger partial charge in [0.05, 0.1) is 0 Å². The van der Waals surface area contributed by atoms with E-state index in [0.717, 1.165) is 18.4 Å². The van der Waals surface area contributed by atoms with E-state index in [1.165, 1.54) is 45.1 Å². The zero-order valence-corrected chi connectivity index (χ0v) is 11.5. The first-order valence-electron chi connectivity index (χ1n) is 7.10. The summed E-state index contributed by atoms with van der Waals surface area (Å²) in [6.07, 6.45) is 9.32. The molecule has 2 unspecified atom stereocenters. The van der Waals surface area contributed by atoms with Crippen molar-refractivity contribution in [3.05, 3.63) is 0 Å². The molecule has 0 aliphatic heterocycles. The maximum absolute atomic E-state index is 7.88. The smallest absolute Gasteiger partial charge is 0.0428 e. The molecule has 2 nitrogen and oxygen atoms in total. The molecule has 1 aliphatic carbocycles. The molecule has 1 saturated carbocycles. The standard InChI is InChI=1S/C11H23N.C3H8O/c1-3-9-12-11-8-6-4-5-7-10(11)2;1-2-3-4/h10-12H,3-9H2,1-2H3;4H,2-3H2,1H3. The molecule has 2 heteroatoms. The largest absolute Gasteiger partial charge is 0.396 e. The molecule has 16 heavy (non-hydrogen) atoms. The highest BCUT2D eigenvalue weighted by molar-refractivity contribution is 4.76. The summed E-state index contributed by atoms with van der Waals surface area (Å²) < 4.78 is 0. The molecule has 1 rings (SSSR count). The van der Waals surface area contributed by atoms with E-state index in [1.54, 1.807) is 0 Å². The van der Waals surface area contributed by atoms with Crippen molar-refractivity contribution in [2.75, 3.05) is 13.2 Å². The molecule has 2 atom stereocenters. The molecular weight excluding hydrogens is 198 g/mol. The van der Waals surface area contributed by atoms with E-state index in [-0.39, 0.29) is 0 Å². The second kappa shape index (κ2) is 11.4. The van der Waals surface area contributed by atoms with E-state index in [1.807, 2.05) is 6.92 Å². The van der Waals surface area contributed by atoms with Crippen molar-refractivity contribution in [3.8, 4) is 0 Å². The molecule has 0 aromatic rings. The van der Waals surface area contributed by atoms with Gasteiger partial charge in [-0.3, -0.25) is 0 Å². The van der Waals surface area contributed by atoms with Crippen molar-refractivity contribution in [3.63, 3.8) is 0 Å². The quantitative estimate of drug-likeness (QED) is 0.725. The Morgan fingerprint density at radius 1 is 1.06 bits per heavy atom. The summed E-state index contributed by atoms with van der Waals surface area (Å²) in [5, 5.41) is 11.5. The van der Waals surface area contributed by atoms with Gasteiger partial charge in [0, 0.05) is 12.6 Å². The van der Waals surface area contributed by atoms with Crippen LogP contribution in [0.5, 0.6) is 0 Å². The Bertz CT molecular complexity index is 137. The molecule has 0 spiro atoms. The van der Waals surface area contributed by atoms with Gasteiger partial charge < -0.3 is 10.4 Å². The van der Waals surface area contributed by atoms with Crippen molar-refractivity contribution in [2.45, 2.75) is 71.8 Å². The zero-order valence-electron chi connectivity index (χ0n) is 11.5. The van der Waals surface area contributed by atoms with Crippen LogP contribution in [0.3, 0.4) is 0 Å². The van der Waals surface area contributed by atoms with Gasteiger partial charge in [-0.25, -0.2) is 0 Å². The van der Waals surface area contributed by atoms with Gasteiger partial charge >= 0.3 is 0 Å². The average Bonchev–Trinajstić information content (AvgIpc) is 2.52. The van der Waals surface area contributed by atoms with Crippen molar-refractivity contribution in [1.82, 2.24) is 5.32 Å². The summed E-state index contributed by atoms with van der Waals surface area (Å²) in [6.45, 7) is 8.10. The fourth-order valence-corrected chi connectivity index (χ4v) is 2.13. The van der Waals surface area contributed by atoms with E-state index in [4.69, 9.17) is 5.11 Å². The summed E-state index contributed by atoms with van der Waals surface area (Å²) in [5.74, 6) is 0.902. The monoisotopic (exact) mass is 229 g/mol. The van der Waals surface area contributed by atoms with Gasteiger partial charge in [-0.1, -0.05) is 40.0 Å². The Labute approximate surface area is 102 Å². The highest BCUT2D eigenvalue weighted by Gasteiger charge is 2.18. The predicted octanol–water partition coefficient (Wildman–Crippen LogP) is 3.34. The number of hydrogen-bond acceptors (Lipinski definition) is 2.